The average Bonchev–Trinajstić information content (AvgIpc) is 2.81. The first kappa shape index (κ1) is 15.6. The molecule has 0 aromatic heterocycles. The molecule has 2 aliphatic rings. The zero-order valence-corrected chi connectivity index (χ0v) is 12.3. The Morgan fingerprint density at radius 2 is 1.76 bits per heavy atom. The first-order valence-electron chi connectivity index (χ1n) is 6.96. The van der Waals surface area contributed by atoms with Gasteiger partial charge in [-0.3, -0.25) is 9.59 Å². The lowest BCUT2D eigenvalue weighted by molar-refractivity contribution is -0.148. The minimum absolute atomic E-state index is 0.00213. The summed E-state index contributed by atoms with van der Waals surface area (Å²) in [5, 5.41) is 12.0. The normalized spacial score (nSPS) is 29.3. The number of hydrogen-bond donors (Lipinski definition) is 2. The monoisotopic (exact) mass is 299 g/mol. The largest absolute Gasteiger partial charge is 0.481 e. The standard InChI is InChI=1S/C13H21N3O5/c1-9(17)15-3-5-16(6-4-15)12(20)14-10-7-21-8-13(10,2)11(18)19/h10H,3-8H2,1-2H3,(H,14,20)(H,18,19). The van der Waals surface area contributed by atoms with E-state index < -0.39 is 17.4 Å². The summed E-state index contributed by atoms with van der Waals surface area (Å²) in [5.41, 5.74) is -1.10. The molecule has 2 unspecified atom stereocenters. The van der Waals surface area contributed by atoms with E-state index in [0.717, 1.165) is 0 Å². The fraction of sp³-hybridized carbons (Fsp3) is 0.769. The van der Waals surface area contributed by atoms with Crippen molar-refractivity contribution >= 4 is 17.9 Å². The van der Waals surface area contributed by atoms with Gasteiger partial charge in [-0.15, -0.1) is 0 Å². The van der Waals surface area contributed by atoms with Crippen molar-refractivity contribution in [2.75, 3.05) is 39.4 Å². The molecule has 0 aliphatic carbocycles. The molecule has 2 heterocycles. The molecule has 0 aromatic carbocycles. The SMILES string of the molecule is CC(=O)N1CCN(C(=O)NC2COCC2(C)C(=O)O)CC1. The molecule has 2 fully saturated rings. The average molecular weight is 299 g/mol. The molecule has 0 aromatic rings. The third kappa shape index (κ3) is 3.10. The predicted octanol–water partition coefficient (Wildman–Crippen LogP) is -0.650. The minimum Gasteiger partial charge on any atom is -0.481 e. The molecule has 21 heavy (non-hydrogen) atoms. The number of carbonyl (C=O) groups excluding carboxylic acids is 2. The summed E-state index contributed by atoms with van der Waals surface area (Å²) < 4.78 is 5.20. The number of piperazine rings is 1. The van der Waals surface area contributed by atoms with Crippen molar-refractivity contribution in [1.82, 2.24) is 15.1 Å². The van der Waals surface area contributed by atoms with Crippen molar-refractivity contribution in [3.63, 3.8) is 0 Å². The van der Waals surface area contributed by atoms with Gasteiger partial charge in [0.2, 0.25) is 5.91 Å². The number of amides is 3. The van der Waals surface area contributed by atoms with Gasteiger partial charge in [-0.25, -0.2) is 4.79 Å². The number of rotatable bonds is 2. The fourth-order valence-corrected chi connectivity index (χ4v) is 2.55. The number of nitrogens with zero attached hydrogens (tertiary/aromatic N) is 2. The van der Waals surface area contributed by atoms with Gasteiger partial charge in [0.25, 0.3) is 0 Å². The van der Waals surface area contributed by atoms with Gasteiger partial charge in [-0.2, -0.15) is 0 Å². The van der Waals surface area contributed by atoms with Crippen LogP contribution >= 0.6 is 0 Å². The summed E-state index contributed by atoms with van der Waals surface area (Å²) in [6.45, 7) is 5.25. The summed E-state index contributed by atoms with van der Waals surface area (Å²) in [5.74, 6) is -0.982. The molecule has 8 nitrogen and oxygen atoms in total. The highest BCUT2D eigenvalue weighted by Gasteiger charge is 2.47. The third-order valence-corrected chi connectivity index (χ3v) is 4.25. The summed E-state index contributed by atoms with van der Waals surface area (Å²) >= 11 is 0. The van der Waals surface area contributed by atoms with Crippen LogP contribution in [0, 0.1) is 5.41 Å². The second-order valence-corrected chi connectivity index (χ2v) is 5.73. The fourth-order valence-electron chi connectivity index (χ4n) is 2.55. The van der Waals surface area contributed by atoms with Gasteiger partial charge in [-0.05, 0) is 6.92 Å². The lowest BCUT2D eigenvalue weighted by Gasteiger charge is -2.35. The molecular weight excluding hydrogens is 278 g/mol. The van der Waals surface area contributed by atoms with Crippen LogP contribution < -0.4 is 5.32 Å². The highest BCUT2D eigenvalue weighted by molar-refractivity contribution is 5.80. The molecule has 2 saturated heterocycles. The van der Waals surface area contributed by atoms with Crippen LogP contribution in [-0.4, -0.2) is 78.2 Å². The van der Waals surface area contributed by atoms with Gasteiger partial charge >= 0.3 is 12.0 Å². The molecule has 2 N–H and O–H groups in total. The molecule has 2 rings (SSSR count). The first-order chi connectivity index (χ1) is 9.84. The Labute approximate surface area is 123 Å². The van der Waals surface area contributed by atoms with Crippen LogP contribution in [-0.2, 0) is 14.3 Å². The van der Waals surface area contributed by atoms with Crippen molar-refractivity contribution in [2.45, 2.75) is 19.9 Å². The Bertz CT molecular complexity index is 447. The van der Waals surface area contributed by atoms with E-state index in [0.29, 0.717) is 26.2 Å². The van der Waals surface area contributed by atoms with Crippen molar-refractivity contribution in [3.8, 4) is 0 Å². The van der Waals surface area contributed by atoms with Gasteiger partial charge < -0.3 is 25.0 Å². The van der Waals surface area contributed by atoms with Crippen LogP contribution in [0.15, 0.2) is 0 Å². The Kier molecular flexibility index (Phi) is 4.36. The lowest BCUT2D eigenvalue weighted by atomic mass is 9.85. The second kappa shape index (κ2) is 5.88. The van der Waals surface area contributed by atoms with E-state index in [2.05, 4.69) is 5.32 Å². The quantitative estimate of drug-likeness (QED) is 0.706. The number of ether oxygens (including phenoxy) is 1. The van der Waals surface area contributed by atoms with Gasteiger partial charge in [0, 0.05) is 33.1 Å². The van der Waals surface area contributed by atoms with Crippen LogP contribution in [0.5, 0.6) is 0 Å². The summed E-state index contributed by atoms with van der Waals surface area (Å²) in [4.78, 5) is 38.0. The van der Waals surface area contributed by atoms with Crippen molar-refractivity contribution in [3.05, 3.63) is 0 Å². The Balaban J connectivity index is 1.91. The molecule has 0 spiro atoms. The van der Waals surface area contributed by atoms with Crippen LogP contribution in [0.25, 0.3) is 0 Å². The van der Waals surface area contributed by atoms with E-state index in [-0.39, 0.29) is 25.2 Å². The highest BCUT2D eigenvalue weighted by atomic mass is 16.5. The van der Waals surface area contributed by atoms with Gasteiger partial charge in [0.15, 0.2) is 0 Å². The molecule has 3 amide bonds. The van der Waals surface area contributed by atoms with E-state index in [1.807, 2.05) is 0 Å². The van der Waals surface area contributed by atoms with Gasteiger partial charge in [0.1, 0.15) is 5.41 Å². The number of nitrogens with one attached hydrogen (secondary N) is 1. The first-order valence-corrected chi connectivity index (χ1v) is 6.96. The number of hydrogen-bond acceptors (Lipinski definition) is 4. The molecule has 0 bridgehead atoms. The van der Waals surface area contributed by atoms with E-state index in [1.165, 1.54) is 6.92 Å². The number of urea groups is 1. The molecule has 0 radical (unpaired) electrons. The maximum Gasteiger partial charge on any atom is 0.317 e. The Hall–Kier alpha value is -1.83. The smallest absolute Gasteiger partial charge is 0.317 e. The van der Waals surface area contributed by atoms with Crippen LogP contribution in [0.4, 0.5) is 4.79 Å². The maximum atomic E-state index is 12.2. The topological polar surface area (TPSA) is 99.2 Å². The van der Waals surface area contributed by atoms with Crippen molar-refractivity contribution in [2.24, 2.45) is 5.41 Å². The Morgan fingerprint density at radius 1 is 1.19 bits per heavy atom. The zero-order chi connectivity index (χ0) is 15.6. The minimum atomic E-state index is -1.10. The molecule has 8 heteroatoms. The number of carboxylic acid groups (broad SMARTS) is 1. The van der Waals surface area contributed by atoms with Crippen molar-refractivity contribution < 1.29 is 24.2 Å². The van der Waals surface area contributed by atoms with Crippen molar-refractivity contribution in [1.29, 1.82) is 0 Å². The molecular formula is C13H21N3O5. The number of carbonyl (C=O) groups is 3. The lowest BCUT2D eigenvalue weighted by Crippen LogP contribution is -2.57. The summed E-state index contributed by atoms with van der Waals surface area (Å²) in [6, 6.07) is -0.852. The maximum absolute atomic E-state index is 12.2. The predicted molar refractivity (Wildman–Crippen MR) is 72.7 cm³/mol. The van der Waals surface area contributed by atoms with E-state index in [4.69, 9.17) is 4.74 Å². The van der Waals surface area contributed by atoms with Gasteiger partial charge in [0.05, 0.1) is 19.3 Å². The summed E-state index contributed by atoms with van der Waals surface area (Å²) in [7, 11) is 0. The van der Waals surface area contributed by atoms with Crippen LogP contribution in [0.2, 0.25) is 0 Å². The highest BCUT2D eigenvalue weighted by Crippen LogP contribution is 2.28. The molecule has 2 aliphatic heterocycles. The van der Waals surface area contributed by atoms with Crippen LogP contribution in [0.3, 0.4) is 0 Å². The third-order valence-electron chi connectivity index (χ3n) is 4.25. The molecule has 2 atom stereocenters. The van der Waals surface area contributed by atoms with E-state index in [1.54, 1.807) is 16.7 Å². The van der Waals surface area contributed by atoms with E-state index >= 15 is 0 Å². The number of aliphatic carboxylic acids is 1. The molecule has 118 valence electrons. The van der Waals surface area contributed by atoms with Gasteiger partial charge in [-0.1, -0.05) is 0 Å². The number of carboxylic acids is 1. The Morgan fingerprint density at radius 3 is 2.29 bits per heavy atom. The van der Waals surface area contributed by atoms with E-state index in [9.17, 15) is 19.5 Å². The summed E-state index contributed by atoms with van der Waals surface area (Å²) in [6.07, 6.45) is 0. The second-order valence-electron chi connectivity index (χ2n) is 5.73. The zero-order valence-electron chi connectivity index (χ0n) is 12.3. The van der Waals surface area contributed by atoms with Crippen LogP contribution in [0.1, 0.15) is 13.8 Å². The molecule has 0 saturated carbocycles.